The minimum absolute atomic E-state index is 0.0383. The number of fused-ring (bicyclic) bond motifs is 3. The lowest BCUT2D eigenvalue weighted by Gasteiger charge is -2.36. The van der Waals surface area contributed by atoms with Crippen molar-refractivity contribution in [3.05, 3.63) is 26.6 Å². The Balaban J connectivity index is 1.60. The van der Waals surface area contributed by atoms with Crippen LogP contribution in [0, 0.1) is 5.92 Å². The molecular weight excluding hydrogens is 384 g/mol. The van der Waals surface area contributed by atoms with Crippen LogP contribution in [0.3, 0.4) is 0 Å². The maximum absolute atomic E-state index is 12.8. The molecule has 0 amide bonds. The number of nitrogens with one attached hydrogen (secondary N) is 1. The van der Waals surface area contributed by atoms with E-state index in [2.05, 4.69) is 16.8 Å². The second kappa shape index (κ2) is 6.95. The summed E-state index contributed by atoms with van der Waals surface area (Å²) in [4.78, 5) is 24.9. The molecule has 2 unspecified atom stereocenters. The Morgan fingerprint density at radius 3 is 2.63 bits per heavy atom. The molecule has 2 atom stereocenters. The summed E-state index contributed by atoms with van der Waals surface area (Å²) in [6, 6.07) is -0.0538. The van der Waals surface area contributed by atoms with Gasteiger partial charge in [0.25, 0.3) is 5.56 Å². The summed E-state index contributed by atoms with van der Waals surface area (Å²) in [5.41, 5.74) is 1.16. The Morgan fingerprint density at radius 1 is 1.26 bits per heavy atom. The molecule has 7 nitrogen and oxygen atoms in total. The summed E-state index contributed by atoms with van der Waals surface area (Å²) in [5, 5.41) is 0.778. The van der Waals surface area contributed by atoms with Gasteiger partial charge in [0.05, 0.1) is 17.7 Å². The maximum Gasteiger partial charge on any atom is 0.259 e. The number of aromatic amines is 1. The molecule has 3 heterocycles. The van der Waals surface area contributed by atoms with Gasteiger partial charge in [-0.05, 0) is 37.7 Å². The molecule has 0 aromatic carbocycles. The first-order valence-electron chi connectivity index (χ1n) is 9.47. The van der Waals surface area contributed by atoms with Gasteiger partial charge in [0, 0.05) is 31.1 Å². The van der Waals surface area contributed by atoms with Crippen LogP contribution < -0.4 is 5.56 Å². The Morgan fingerprint density at radius 2 is 1.96 bits per heavy atom. The molecule has 9 heteroatoms. The van der Waals surface area contributed by atoms with Crippen molar-refractivity contribution in [1.82, 2.24) is 19.2 Å². The number of H-pyrrole nitrogens is 1. The van der Waals surface area contributed by atoms with Gasteiger partial charge in [-0.15, -0.1) is 11.3 Å². The SMILES string of the molecule is CC1CCc2c(sc3nc(C(C)N4CCN(S(C)(=O)=O)CC4)[nH]c(=O)c23)C1. The van der Waals surface area contributed by atoms with Crippen LogP contribution in [0.1, 0.15) is 42.6 Å². The van der Waals surface area contributed by atoms with Crippen LogP contribution in [0.5, 0.6) is 0 Å². The topological polar surface area (TPSA) is 86.4 Å². The highest BCUT2D eigenvalue weighted by molar-refractivity contribution is 7.88. The van der Waals surface area contributed by atoms with Crippen molar-refractivity contribution in [2.24, 2.45) is 5.92 Å². The van der Waals surface area contributed by atoms with Gasteiger partial charge in [-0.1, -0.05) is 6.92 Å². The molecule has 2 aromatic rings. The van der Waals surface area contributed by atoms with Crippen LogP contribution in [0.15, 0.2) is 4.79 Å². The van der Waals surface area contributed by atoms with Crippen LogP contribution >= 0.6 is 11.3 Å². The molecule has 1 N–H and O–H groups in total. The number of hydrogen-bond donors (Lipinski definition) is 1. The molecule has 148 valence electrons. The molecular formula is C18H26N4O3S2. The molecule has 27 heavy (non-hydrogen) atoms. The number of aryl methyl sites for hydroxylation is 1. The Hall–Kier alpha value is -1.29. The number of hydrogen-bond acceptors (Lipinski definition) is 6. The summed E-state index contributed by atoms with van der Waals surface area (Å²) in [5.74, 6) is 1.33. The third-order valence-corrected chi connectivity index (χ3v) is 8.32. The van der Waals surface area contributed by atoms with E-state index in [0.29, 0.717) is 37.9 Å². The van der Waals surface area contributed by atoms with Gasteiger partial charge in [-0.2, -0.15) is 4.31 Å². The first kappa shape index (κ1) is 19.0. The number of thiophene rings is 1. The number of rotatable bonds is 3. The van der Waals surface area contributed by atoms with Crippen molar-refractivity contribution >= 4 is 31.6 Å². The minimum atomic E-state index is -3.15. The zero-order chi connectivity index (χ0) is 19.3. The van der Waals surface area contributed by atoms with Crippen molar-refractivity contribution < 1.29 is 8.42 Å². The molecule has 1 fully saturated rings. The third kappa shape index (κ3) is 3.57. The zero-order valence-corrected chi connectivity index (χ0v) is 17.6. The van der Waals surface area contributed by atoms with E-state index in [-0.39, 0.29) is 11.6 Å². The van der Waals surface area contributed by atoms with Gasteiger partial charge in [0.1, 0.15) is 10.7 Å². The van der Waals surface area contributed by atoms with Gasteiger partial charge in [-0.3, -0.25) is 9.69 Å². The monoisotopic (exact) mass is 410 g/mol. The van der Waals surface area contributed by atoms with Gasteiger partial charge < -0.3 is 4.98 Å². The minimum Gasteiger partial charge on any atom is -0.309 e. The molecule has 4 rings (SSSR count). The average molecular weight is 411 g/mol. The van der Waals surface area contributed by atoms with E-state index in [4.69, 9.17) is 4.98 Å². The van der Waals surface area contributed by atoms with E-state index in [1.165, 1.54) is 21.0 Å². The van der Waals surface area contributed by atoms with Crippen molar-refractivity contribution in [2.75, 3.05) is 32.4 Å². The number of nitrogens with zero attached hydrogens (tertiary/aromatic N) is 3. The van der Waals surface area contributed by atoms with E-state index in [1.54, 1.807) is 11.3 Å². The lowest BCUT2D eigenvalue weighted by Crippen LogP contribution is -2.49. The van der Waals surface area contributed by atoms with E-state index >= 15 is 0 Å². The quantitative estimate of drug-likeness (QED) is 0.833. The zero-order valence-electron chi connectivity index (χ0n) is 16.0. The van der Waals surface area contributed by atoms with Crippen LogP contribution in [-0.2, 0) is 22.9 Å². The van der Waals surface area contributed by atoms with Gasteiger partial charge in [-0.25, -0.2) is 13.4 Å². The fourth-order valence-electron chi connectivity index (χ4n) is 4.16. The Bertz CT molecular complexity index is 1020. The smallest absolute Gasteiger partial charge is 0.259 e. The fourth-order valence-corrected chi connectivity index (χ4v) is 6.38. The van der Waals surface area contributed by atoms with Crippen molar-refractivity contribution in [2.45, 2.75) is 39.2 Å². The molecule has 1 aliphatic heterocycles. The first-order valence-corrected chi connectivity index (χ1v) is 12.1. The highest BCUT2D eigenvalue weighted by atomic mass is 32.2. The Kier molecular flexibility index (Phi) is 4.90. The molecule has 0 bridgehead atoms. The lowest BCUT2D eigenvalue weighted by molar-refractivity contribution is 0.141. The third-order valence-electron chi connectivity index (χ3n) is 5.87. The first-order chi connectivity index (χ1) is 12.7. The van der Waals surface area contributed by atoms with Gasteiger partial charge in [0.15, 0.2) is 0 Å². The fraction of sp³-hybridized carbons (Fsp3) is 0.667. The summed E-state index contributed by atoms with van der Waals surface area (Å²) in [6.07, 6.45) is 4.37. The molecule has 0 radical (unpaired) electrons. The summed E-state index contributed by atoms with van der Waals surface area (Å²) in [6.45, 7) is 6.50. The summed E-state index contributed by atoms with van der Waals surface area (Å²) in [7, 11) is -3.15. The summed E-state index contributed by atoms with van der Waals surface area (Å²) >= 11 is 1.66. The van der Waals surface area contributed by atoms with E-state index in [0.717, 1.165) is 29.5 Å². The molecule has 2 aliphatic rings. The van der Waals surface area contributed by atoms with Crippen molar-refractivity contribution in [3.8, 4) is 0 Å². The van der Waals surface area contributed by atoms with Crippen LogP contribution in [0.2, 0.25) is 0 Å². The van der Waals surface area contributed by atoms with E-state index in [1.807, 2.05) is 6.92 Å². The highest BCUT2D eigenvalue weighted by Gasteiger charge is 2.29. The van der Waals surface area contributed by atoms with Crippen LogP contribution in [0.4, 0.5) is 0 Å². The maximum atomic E-state index is 12.8. The predicted octanol–water partition coefficient (Wildman–Crippen LogP) is 1.75. The lowest BCUT2D eigenvalue weighted by atomic mass is 9.89. The molecule has 1 saturated heterocycles. The second-order valence-corrected chi connectivity index (χ2v) is 10.9. The number of sulfonamides is 1. The van der Waals surface area contributed by atoms with Crippen molar-refractivity contribution in [3.63, 3.8) is 0 Å². The van der Waals surface area contributed by atoms with Crippen LogP contribution in [0.25, 0.3) is 10.2 Å². The van der Waals surface area contributed by atoms with Gasteiger partial charge >= 0.3 is 0 Å². The molecule has 0 saturated carbocycles. The van der Waals surface area contributed by atoms with Gasteiger partial charge in [0.2, 0.25) is 10.0 Å². The predicted molar refractivity (Wildman–Crippen MR) is 108 cm³/mol. The van der Waals surface area contributed by atoms with Crippen molar-refractivity contribution in [1.29, 1.82) is 0 Å². The largest absolute Gasteiger partial charge is 0.309 e. The second-order valence-electron chi connectivity index (χ2n) is 7.86. The van der Waals surface area contributed by atoms with E-state index in [9.17, 15) is 13.2 Å². The highest BCUT2D eigenvalue weighted by Crippen LogP contribution is 2.36. The van der Waals surface area contributed by atoms with Crippen LogP contribution in [-0.4, -0.2) is 60.0 Å². The molecule has 1 aliphatic carbocycles. The average Bonchev–Trinajstić information content (AvgIpc) is 2.98. The number of piperazine rings is 1. The standard InChI is InChI=1S/C18H26N4O3S2/c1-11-4-5-13-14(10-11)26-18-15(13)17(23)19-16(20-18)12(2)21-6-8-22(9-7-21)27(3,24)25/h11-12H,4-10H2,1-3H3,(H,19,20,23). The molecule has 0 spiro atoms. The Labute approximate surface area is 163 Å². The normalized spacial score (nSPS) is 23.4. The molecule has 2 aromatic heterocycles. The summed E-state index contributed by atoms with van der Waals surface area (Å²) < 4.78 is 24.9. The number of aromatic nitrogens is 2. The van der Waals surface area contributed by atoms with E-state index < -0.39 is 10.0 Å².